The van der Waals surface area contributed by atoms with Crippen LogP contribution in [0, 0.1) is 5.41 Å². The van der Waals surface area contributed by atoms with Crippen molar-refractivity contribution in [2.75, 3.05) is 12.3 Å². The van der Waals surface area contributed by atoms with Gasteiger partial charge in [0.1, 0.15) is 0 Å². The molecule has 0 aliphatic heterocycles. The van der Waals surface area contributed by atoms with Gasteiger partial charge in [0.05, 0.1) is 0 Å². The van der Waals surface area contributed by atoms with Crippen molar-refractivity contribution < 1.29 is 13.2 Å². The highest BCUT2D eigenvalue weighted by Crippen LogP contribution is 2.41. The normalized spacial score (nSPS) is 21.6. The Hall–Kier alpha value is 0.100. The van der Waals surface area contributed by atoms with E-state index in [0.29, 0.717) is 13.0 Å². The number of nitrogens with two attached hydrogens (primary N) is 1. The second kappa shape index (κ2) is 5.43. The Labute approximate surface area is 93.0 Å². The summed E-state index contributed by atoms with van der Waals surface area (Å²) in [5, 5.41) is 0. The molecule has 0 aromatic carbocycles. The molecule has 0 spiro atoms. The largest absolute Gasteiger partial charge is 0.441 e. The first kappa shape index (κ1) is 13.2. The number of rotatable bonds is 4. The highest BCUT2D eigenvalue weighted by Gasteiger charge is 2.33. The lowest BCUT2D eigenvalue weighted by Gasteiger charge is -2.36. The van der Waals surface area contributed by atoms with Gasteiger partial charge in [-0.2, -0.15) is 13.2 Å². The Kier molecular flexibility index (Phi) is 4.77. The average Bonchev–Trinajstić information content (AvgIpc) is 2.17. The van der Waals surface area contributed by atoms with E-state index in [-0.39, 0.29) is 22.9 Å². The molecule has 15 heavy (non-hydrogen) atoms. The van der Waals surface area contributed by atoms with E-state index in [1.165, 1.54) is 6.42 Å². The first-order valence-corrected chi connectivity index (χ1v) is 6.37. The van der Waals surface area contributed by atoms with E-state index < -0.39 is 5.51 Å². The van der Waals surface area contributed by atoms with Crippen LogP contribution in [0.4, 0.5) is 13.2 Å². The highest BCUT2D eigenvalue weighted by atomic mass is 32.2. The zero-order chi connectivity index (χ0) is 11.4. The smallest absolute Gasteiger partial charge is 0.330 e. The lowest BCUT2D eigenvalue weighted by atomic mass is 9.72. The van der Waals surface area contributed by atoms with E-state index in [1.54, 1.807) is 0 Å². The molecule has 1 aliphatic rings. The maximum Gasteiger partial charge on any atom is 0.441 e. The second-order valence-corrected chi connectivity index (χ2v) is 5.47. The van der Waals surface area contributed by atoms with Crippen molar-refractivity contribution in [2.45, 2.75) is 44.0 Å². The Morgan fingerprint density at radius 2 is 1.73 bits per heavy atom. The lowest BCUT2D eigenvalue weighted by molar-refractivity contribution is -0.0329. The van der Waals surface area contributed by atoms with Gasteiger partial charge in [0.2, 0.25) is 0 Å². The van der Waals surface area contributed by atoms with Crippen LogP contribution in [0.15, 0.2) is 0 Å². The van der Waals surface area contributed by atoms with Gasteiger partial charge in [0.15, 0.2) is 0 Å². The van der Waals surface area contributed by atoms with Crippen molar-refractivity contribution in [1.29, 1.82) is 0 Å². The minimum absolute atomic E-state index is 0.00347. The number of hydrogen-bond acceptors (Lipinski definition) is 2. The van der Waals surface area contributed by atoms with Gasteiger partial charge in [-0.3, -0.25) is 0 Å². The molecule has 5 heteroatoms. The van der Waals surface area contributed by atoms with Gasteiger partial charge in [-0.15, -0.1) is 0 Å². The molecule has 0 atom stereocenters. The summed E-state index contributed by atoms with van der Waals surface area (Å²) in [6, 6.07) is 0. The van der Waals surface area contributed by atoms with Crippen molar-refractivity contribution in [1.82, 2.24) is 0 Å². The molecule has 1 nitrogen and oxygen atoms in total. The maximum absolute atomic E-state index is 12.0. The molecule has 0 aromatic heterocycles. The van der Waals surface area contributed by atoms with Crippen LogP contribution >= 0.6 is 11.8 Å². The van der Waals surface area contributed by atoms with Gasteiger partial charge < -0.3 is 5.73 Å². The number of hydrogen-bond donors (Lipinski definition) is 1. The van der Waals surface area contributed by atoms with E-state index >= 15 is 0 Å². The van der Waals surface area contributed by atoms with E-state index in [1.807, 2.05) is 0 Å². The minimum atomic E-state index is -4.09. The van der Waals surface area contributed by atoms with E-state index in [0.717, 1.165) is 25.7 Å². The van der Waals surface area contributed by atoms with Crippen LogP contribution in [0.2, 0.25) is 0 Å². The molecular weight excluding hydrogens is 223 g/mol. The molecule has 0 unspecified atom stereocenters. The van der Waals surface area contributed by atoms with Gasteiger partial charge in [0.25, 0.3) is 0 Å². The topological polar surface area (TPSA) is 26.0 Å². The average molecular weight is 241 g/mol. The van der Waals surface area contributed by atoms with Crippen molar-refractivity contribution >= 4 is 11.8 Å². The maximum atomic E-state index is 12.0. The predicted molar refractivity (Wildman–Crippen MR) is 57.7 cm³/mol. The molecule has 1 rings (SSSR count). The molecule has 0 saturated heterocycles. The first-order chi connectivity index (χ1) is 6.97. The summed E-state index contributed by atoms with van der Waals surface area (Å²) in [6.07, 6.45) is 6.05. The molecule has 0 heterocycles. The summed E-state index contributed by atoms with van der Waals surface area (Å²) in [6.45, 7) is 0.533. The molecule has 2 N–H and O–H groups in total. The molecular formula is C10H18F3NS. The third-order valence-corrected chi connectivity index (χ3v) is 3.98. The molecule has 0 amide bonds. The Morgan fingerprint density at radius 1 is 1.13 bits per heavy atom. The minimum Gasteiger partial charge on any atom is -0.330 e. The Balaban J connectivity index is 2.33. The van der Waals surface area contributed by atoms with Crippen molar-refractivity contribution in [3.05, 3.63) is 0 Å². The Bertz CT molecular complexity index is 188. The fourth-order valence-electron chi connectivity index (χ4n) is 2.24. The van der Waals surface area contributed by atoms with Crippen LogP contribution in [-0.2, 0) is 0 Å². The van der Waals surface area contributed by atoms with Crippen LogP contribution in [0.5, 0.6) is 0 Å². The lowest BCUT2D eigenvalue weighted by Crippen LogP contribution is -2.33. The standard InChI is InChI=1S/C10H18F3NS/c11-10(12,13)15-7-6-9(8-14)4-2-1-3-5-9/h1-8,14H2. The van der Waals surface area contributed by atoms with Crippen LogP contribution in [0.1, 0.15) is 38.5 Å². The summed E-state index contributed by atoms with van der Waals surface area (Å²) >= 11 is 0.0856. The fraction of sp³-hybridized carbons (Fsp3) is 1.00. The number of alkyl halides is 3. The third-order valence-electron chi connectivity index (χ3n) is 3.25. The SMILES string of the molecule is NCC1(CCSC(F)(F)F)CCCCC1. The van der Waals surface area contributed by atoms with Gasteiger partial charge in [0, 0.05) is 5.75 Å². The van der Waals surface area contributed by atoms with Gasteiger partial charge in [-0.05, 0) is 31.2 Å². The summed E-state index contributed by atoms with van der Waals surface area (Å²) in [5.74, 6) is 0.153. The fourth-order valence-corrected chi connectivity index (χ4v) is 3.01. The monoisotopic (exact) mass is 241 g/mol. The molecule has 0 radical (unpaired) electrons. The van der Waals surface area contributed by atoms with Crippen molar-refractivity contribution in [2.24, 2.45) is 11.1 Å². The molecule has 1 saturated carbocycles. The molecule has 1 aliphatic carbocycles. The van der Waals surface area contributed by atoms with Crippen LogP contribution in [0.3, 0.4) is 0 Å². The molecule has 1 fully saturated rings. The van der Waals surface area contributed by atoms with Crippen LogP contribution in [0.25, 0.3) is 0 Å². The molecule has 90 valence electrons. The number of halogens is 3. The van der Waals surface area contributed by atoms with E-state index in [2.05, 4.69) is 0 Å². The summed E-state index contributed by atoms with van der Waals surface area (Å²) in [7, 11) is 0. The summed E-state index contributed by atoms with van der Waals surface area (Å²) in [4.78, 5) is 0. The quantitative estimate of drug-likeness (QED) is 0.814. The van der Waals surface area contributed by atoms with Gasteiger partial charge >= 0.3 is 5.51 Å². The van der Waals surface area contributed by atoms with Gasteiger partial charge in [-0.1, -0.05) is 31.0 Å². The van der Waals surface area contributed by atoms with E-state index in [9.17, 15) is 13.2 Å². The summed E-state index contributed by atoms with van der Waals surface area (Å²) in [5.41, 5.74) is 1.60. The number of thioether (sulfide) groups is 1. The second-order valence-electron chi connectivity index (χ2n) is 4.31. The molecule has 0 aromatic rings. The van der Waals surface area contributed by atoms with Crippen LogP contribution in [-0.4, -0.2) is 17.8 Å². The first-order valence-electron chi connectivity index (χ1n) is 5.38. The Morgan fingerprint density at radius 3 is 2.20 bits per heavy atom. The van der Waals surface area contributed by atoms with Crippen molar-refractivity contribution in [3.8, 4) is 0 Å². The third kappa shape index (κ3) is 4.64. The zero-order valence-electron chi connectivity index (χ0n) is 8.78. The predicted octanol–water partition coefficient (Wildman–Crippen LogP) is 3.54. The molecule has 0 bridgehead atoms. The summed E-state index contributed by atoms with van der Waals surface area (Å²) < 4.78 is 35.9. The van der Waals surface area contributed by atoms with E-state index in [4.69, 9.17) is 5.73 Å². The van der Waals surface area contributed by atoms with Gasteiger partial charge in [-0.25, -0.2) is 0 Å². The van der Waals surface area contributed by atoms with Crippen molar-refractivity contribution in [3.63, 3.8) is 0 Å². The van der Waals surface area contributed by atoms with Crippen LogP contribution < -0.4 is 5.73 Å². The zero-order valence-corrected chi connectivity index (χ0v) is 9.59. The highest BCUT2D eigenvalue weighted by molar-refractivity contribution is 8.00.